The molecule has 0 saturated carbocycles. The van der Waals surface area contributed by atoms with Crippen molar-refractivity contribution in [1.82, 2.24) is 4.98 Å². The van der Waals surface area contributed by atoms with Gasteiger partial charge in [0, 0.05) is 19.1 Å². The monoisotopic (exact) mass is 284 g/mol. The molecule has 5 nitrogen and oxygen atoms in total. The number of nitrogens with zero attached hydrogens (tertiary/aromatic N) is 1. The predicted molar refractivity (Wildman–Crippen MR) is 74.8 cm³/mol. The molecule has 1 amide bonds. The Balaban J connectivity index is 1.91. The summed E-state index contributed by atoms with van der Waals surface area (Å²) in [7, 11) is 0. The van der Waals surface area contributed by atoms with Gasteiger partial charge in [-0.1, -0.05) is 0 Å². The highest BCUT2D eigenvalue weighted by Gasteiger charge is 2.21. The predicted octanol–water partition coefficient (Wildman–Crippen LogP) is 3.38. The van der Waals surface area contributed by atoms with Crippen molar-refractivity contribution >= 4 is 22.4 Å². The second kappa shape index (κ2) is 5.88. The van der Waals surface area contributed by atoms with Gasteiger partial charge in [-0.3, -0.25) is 5.32 Å². The molecule has 1 fully saturated rings. The third-order valence-corrected chi connectivity index (χ3v) is 3.79. The van der Waals surface area contributed by atoms with Gasteiger partial charge < -0.3 is 9.47 Å². The number of hydrogen-bond acceptors (Lipinski definition) is 5. The SMILES string of the molecule is CC(C)(C)OC(=O)Nc1cnc(C2CCOCC2)s1. The normalized spacial score (nSPS) is 17.2. The summed E-state index contributed by atoms with van der Waals surface area (Å²) in [5, 5.41) is 4.52. The Morgan fingerprint density at radius 2 is 2.16 bits per heavy atom. The standard InChI is InChI=1S/C13H20N2O3S/c1-13(2,3)18-12(16)15-10-8-14-11(19-10)9-4-6-17-7-5-9/h8-9H,4-7H2,1-3H3,(H,15,16). The molecule has 0 radical (unpaired) electrons. The second-order valence-corrected chi connectivity index (χ2v) is 6.64. The number of aromatic nitrogens is 1. The van der Waals surface area contributed by atoms with Gasteiger partial charge in [-0.15, -0.1) is 11.3 Å². The molecule has 0 unspecified atom stereocenters. The first-order valence-corrected chi connectivity index (χ1v) is 7.29. The lowest BCUT2D eigenvalue weighted by molar-refractivity contribution is 0.0636. The minimum Gasteiger partial charge on any atom is -0.444 e. The van der Waals surface area contributed by atoms with E-state index < -0.39 is 11.7 Å². The van der Waals surface area contributed by atoms with Gasteiger partial charge >= 0.3 is 6.09 Å². The highest BCUT2D eigenvalue weighted by atomic mass is 32.1. The van der Waals surface area contributed by atoms with E-state index in [0.717, 1.165) is 36.1 Å². The first kappa shape index (κ1) is 14.3. The maximum Gasteiger partial charge on any atom is 0.412 e. The van der Waals surface area contributed by atoms with Crippen LogP contribution in [0.2, 0.25) is 0 Å². The molecule has 19 heavy (non-hydrogen) atoms. The molecule has 106 valence electrons. The summed E-state index contributed by atoms with van der Waals surface area (Å²) in [4.78, 5) is 16.0. The summed E-state index contributed by atoms with van der Waals surface area (Å²) in [6.07, 6.45) is 3.26. The van der Waals surface area contributed by atoms with Crippen molar-refractivity contribution in [2.45, 2.75) is 45.1 Å². The fourth-order valence-electron chi connectivity index (χ4n) is 1.88. The van der Waals surface area contributed by atoms with E-state index >= 15 is 0 Å². The molecule has 0 aromatic carbocycles. The van der Waals surface area contributed by atoms with Crippen molar-refractivity contribution in [1.29, 1.82) is 0 Å². The average Bonchev–Trinajstić information content (AvgIpc) is 2.76. The number of anilines is 1. The molecular weight excluding hydrogens is 264 g/mol. The first-order chi connectivity index (χ1) is 8.94. The number of thiazole rings is 1. The molecule has 0 spiro atoms. The maximum absolute atomic E-state index is 11.6. The van der Waals surface area contributed by atoms with Gasteiger partial charge in [-0.2, -0.15) is 0 Å². The first-order valence-electron chi connectivity index (χ1n) is 6.47. The van der Waals surface area contributed by atoms with Gasteiger partial charge in [-0.05, 0) is 33.6 Å². The Hall–Kier alpha value is -1.14. The second-order valence-electron chi connectivity index (χ2n) is 5.58. The summed E-state index contributed by atoms with van der Waals surface area (Å²) in [5.41, 5.74) is -0.488. The minimum atomic E-state index is -0.488. The molecule has 1 aliphatic rings. The Kier molecular flexibility index (Phi) is 4.42. The zero-order chi connectivity index (χ0) is 13.9. The molecule has 1 aromatic rings. The van der Waals surface area contributed by atoms with E-state index in [0.29, 0.717) is 5.92 Å². The third kappa shape index (κ3) is 4.47. The van der Waals surface area contributed by atoms with Crippen molar-refractivity contribution in [3.63, 3.8) is 0 Å². The van der Waals surface area contributed by atoms with Crippen LogP contribution in [-0.4, -0.2) is 29.9 Å². The van der Waals surface area contributed by atoms with E-state index in [-0.39, 0.29) is 0 Å². The van der Waals surface area contributed by atoms with Gasteiger partial charge in [0.1, 0.15) is 10.6 Å². The highest BCUT2D eigenvalue weighted by molar-refractivity contribution is 7.15. The van der Waals surface area contributed by atoms with Crippen molar-refractivity contribution in [3.8, 4) is 0 Å². The molecule has 1 aromatic heterocycles. The molecule has 2 heterocycles. The van der Waals surface area contributed by atoms with E-state index in [4.69, 9.17) is 9.47 Å². The summed E-state index contributed by atoms with van der Waals surface area (Å²) < 4.78 is 10.5. The Morgan fingerprint density at radius 3 is 2.79 bits per heavy atom. The van der Waals surface area contributed by atoms with E-state index in [9.17, 15) is 4.79 Å². The smallest absolute Gasteiger partial charge is 0.412 e. The zero-order valence-electron chi connectivity index (χ0n) is 11.6. The maximum atomic E-state index is 11.6. The van der Waals surface area contributed by atoms with Crippen LogP contribution in [0.4, 0.5) is 9.80 Å². The van der Waals surface area contributed by atoms with E-state index in [1.807, 2.05) is 20.8 Å². The minimum absolute atomic E-state index is 0.435. The molecule has 1 aliphatic heterocycles. The fraction of sp³-hybridized carbons (Fsp3) is 0.692. The van der Waals surface area contributed by atoms with Gasteiger partial charge in [0.2, 0.25) is 0 Å². The van der Waals surface area contributed by atoms with Crippen molar-refractivity contribution in [2.75, 3.05) is 18.5 Å². The highest BCUT2D eigenvalue weighted by Crippen LogP contribution is 2.32. The van der Waals surface area contributed by atoms with Crippen LogP contribution in [0.3, 0.4) is 0 Å². The molecule has 1 saturated heterocycles. The molecule has 0 bridgehead atoms. The van der Waals surface area contributed by atoms with E-state index in [1.165, 1.54) is 11.3 Å². The average molecular weight is 284 g/mol. The van der Waals surface area contributed by atoms with Crippen LogP contribution in [0.5, 0.6) is 0 Å². The molecular formula is C13H20N2O3S. The molecule has 2 rings (SSSR count). The fourth-order valence-corrected chi connectivity index (χ4v) is 2.86. The summed E-state index contributed by atoms with van der Waals surface area (Å²) in [6, 6.07) is 0. The molecule has 0 atom stereocenters. The summed E-state index contributed by atoms with van der Waals surface area (Å²) in [6.45, 7) is 7.10. The van der Waals surface area contributed by atoms with Gasteiger partial charge in [0.15, 0.2) is 0 Å². The van der Waals surface area contributed by atoms with Crippen molar-refractivity contribution in [3.05, 3.63) is 11.2 Å². The number of rotatable bonds is 2. The van der Waals surface area contributed by atoms with Crippen LogP contribution in [0.15, 0.2) is 6.20 Å². The Bertz CT molecular complexity index is 433. The van der Waals surface area contributed by atoms with Crippen LogP contribution in [0.25, 0.3) is 0 Å². The lowest BCUT2D eigenvalue weighted by Crippen LogP contribution is -2.26. The molecule has 6 heteroatoms. The van der Waals surface area contributed by atoms with Crippen LogP contribution in [0.1, 0.15) is 44.5 Å². The van der Waals surface area contributed by atoms with Gasteiger partial charge in [0.05, 0.1) is 11.2 Å². The number of ether oxygens (including phenoxy) is 2. The summed E-state index contributed by atoms with van der Waals surface area (Å²) >= 11 is 1.52. The van der Waals surface area contributed by atoms with E-state index in [1.54, 1.807) is 6.20 Å². The summed E-state index contributed by atoms with van der Waals surface area (Å²) in [5.74, 6) is 0.452. The van der Waals surface area contributed by atoms with E-state index in [2.05, 4.69) is 10.3 Å². The van der Waals surface area contributed by atoms with Gasteiger partial charge in [0.25, 0.3) is 0 Å². The quantitative estimate of drug-likeness (QED) is 0.904. The van der Waals surface area contributed by atoms with Crippen LogP contribution in [-0.2, 0) is 9.47 Å². The number of amides is 1. The molecule has 0 aliphatic carbocycles. The number of carbonyl (C=O) groups is 1. The third-order valence-electron chi connectivity index (χ3n) is 2.72. The number of carbonyl (C=O) groups excluding carboxylic acids is 1. The number of nitrogens with one attached hydrogen (secondary N) is 1. The Morgan fingerprint density at radius 1 is 1.47 bits per heavy atom. The van der Waals surface area contributed by atoms with Gasteiger partial charge in [-0.25, -0.2) is 9.78 Å². The molecule has 1 N–H and O–H groups in total. The zero-order valence-corrected chi connectivity index (χ0v) is 12.4. The van der Waals surface area contributed by atoms with Crippen LogP contribution < -0.4 is 5.32 Å². The largest absolute Gasteiger partial charge is 0.444 e. The Labute approximate surface area is 117 Å². The number of hydrogen-bond donors (Lipinski definition) is 1. The van der Waals surface area contributed by atoms with Crippen molar-refractivity contribution in [2.24, 2.45) is 0 Å². The lowest BCUT2D eigenvalue weighted by atomic mass is 10.0. The topological polar surface area (TPSA) is 60.5 Å². The van der Waals surface area contributed by atoms with Crippen LogP contribution >= 0.6 is 11.3 Å². The van der Waals surface area contributed by atoms with Crippen LogP contribution in [0, 0.1) is 0 Å². The lowest BCUT2D eigenvalue weighted by Gasteiger charge is -2.20. The van der Waals surface area contributed by atoms with Crippen molar-refractivity contribution < 1.29 is 14.3 Å².